The van der Waals surface area contributed by atoms with E-state index in [1.54, 1.807) is 6.08 Å². The molecule has 6 heteroatoms. The van der Waals surface area contributed by atoms with Crippen molar-refractivity contribution >= 4 is 5.91 Å². The van der Waals surface area contributed by atoms with Gasteiger partial charge in [-0.1, -0.05) is 6.08 Å². The lowest BCUT2D eigenvalue weighted by Gasteiger charge is -2.23. The molecule has 122 valence electrons. The Balaban J connectivity index is 1.94. The number of aliphatic hydroxyl groups excluding tert-OH is 1. The molecule has 6 nitrogen and oxygen atoms in total. The SMILES string of the molecule is Cc1nc2c(n1CCO)CCC(NC(=O)/C=C/CN(C)C)C2. The monoisotopic (exact) mass is 306 g/mol. The van der Waals surface area contributed by atoms with Crippen molar-refractivity contribution < 1.29 is 9.90 Å². The molecular formula is C16H26N4O2. The van der Waals surface area contributed by atoms with E-state index in [1.807, 2.05) is 32.0 Å². The third-order valence-corrected chi connectivity index (χ3v) is 3.93. The van der Waals surface area contributed by atoms with Crippen LogP contribution < -0.4 is 5.32 Å². The summed E-state index contributed by atoms with van der Waals surface area (Å²) in [6.45, 7) is 3.44. The molecule has 1 aromatic rings. The first-order chi connectivity index (χ1) is 10.5. The summed E-state index contributed by atoms with van der Waals surface area (Å²) < 4.78 is 2.09. The Bertz CT molecular complexity index is 549. The summed E-state index contributed by atoms with van der Waals surface area (Å²) in [5, 5.41) is 12.2. The summed E-state index contributed by atoms with van der Waals surface area (Å²) >= 11 is 0. The summed E-state index contributed by atoms with van der Waals surface area (Å²) in [6, 6.07) is 0.140. The Hall–Kier alpha value is -1.66. The fourth-order valence-electron chi connectivity index (χ4n) is 2.90. The number of hydrogen-bond donors (Lipinski definition) is 2. The van der Waals surface area contributed by atoms with E-state index in [-0.39, 0.29) is 18.6 Å². The molecule has 0 aromatic carbocycles. The number of amides is 1. The van der Waals surface area contributed by atoms with Crippen molar-refractivity contribution in [2.75, 3.05) is 27.2 Å². The number of aromatic nitrogens is 2. The van der Waals surface area contributed by atoms with Gasteiger partial charge in [0, 0.05) is 37.3 Å². The van der Waals surface area contributed by atoms with Crippen LogP contribution in [-0.2, 0) is 24.2 Å². The molecule has 0 spiro atoms. The van der Waals surface area contributed by atoms with Crippen LogP contribution in [0.4, 0.5) is 0 Å². The highest BCUT2D eigenvalue weighted by Gasteiger charge is 2.24. The molecule has 1 unspecified atom stereocenters. The third-order valence-electron chi connectivity index (χ3n) is 3.93. The van der Waals surface area contributed by atoms with E-state index < -0.39 is 0 Å². The maximum Gasteiger partial charge on any atom is 0.243 e. The highest BCUT2D eigenvalue weighted by molar-refractivity contribution is 5.87. The highest BCUT2D eigenvalue weighted by Crippen LogP contribution is 2.22. The molecule has 1 heterocycles. The number of rotatable bonds is 6. The summed E-state index contributed by atoms with van der Waals surface area (Å²) in [5.41, 5.74) is 2.26. The standard InChI is InChI=1S/C16H26N4O2/c1-12-17-14-11-13(6-7-15(14)20(12)9-10-21)18-16(22)5-4-8-19(2)3/h4-5,13,21H,6-11H2,1-3H3,(H,18,22)/b5-4+. The fraction of sp³-hybridized carbons (Fsp3) is 0.625. The zero-order valence-electron chi connectivity index (χ0n) is 13.7. The van der Waals surface area contributed by atoms with Gasteiger partial charge in [-0.3, -0.25) is 4.79 Å². The molecule has 0 aliphatic heterocycles. The number of hydrogen-bond acceptors (Lipinski definition) is 4. The number of aliphatic hydroxyl groups is 1. The van der Waals surface area contributed by atoms with Crippen molar-refractivity contribution in [3.05, 3.63) is 29.4 Å². The molecule has 1 aromatic heterocycles. The second kappa shape index (κ2) is 7.56. The lowest BCUT2D eigenvalue weighted by atomic mass is 9.96. The van der Waals surface area contributed by atoms with Gasteiger partial charge >= 0.3 is 0 Å². The average molecular weight is 306 g/mol. The molecule has 2 rings (SSSR count). The van der Waals surface area contributed by atoms with Gasteiger partial charge < -0.3 is 19.9 Å². The average Bonchev–Trinajstić information content (AvgIpc) is 2.74. The van der Waals surface area contributed by atoms with Crippen LogP contribution in [0.3, 0.4) is 0 Å². The number of likely N-dealkylation sites (N-methyl/N-ethyl adjacent to an activating group) is 1. The van der Waals surface area contributed by atoms with Gasteiger partial charge in [0.15, 0.2) is 0 Å². The maximum absolute atomic E-state index is 11.9. The quantitative estimate of drug-likeness (QED) is 0.741. The van der Waals surface area contributed by atoms with E-state index in [0.717, 1.165) is 37.3 Å². The zero-order valence-corrected chi connectivity index (χ0v) is 13.7. The molecule has 1 amide bonds. The Morgan fingerprint density at radius 3 is 3.00 bits per heavy atom. The van der Waals surface area contributed by atoms with Crippen molar-refractivity contribution in [2.24, 2.45) is 0 Å². The van der Waals surface area contributed by atoms with Crippen molar-refractivity contribution in [2.45, 2.75) is 38.8 Å². The molecule has 1 aliphatic carbocycles. The van der Waals surface area contributed by atoms with Crippen molar-refractivity contribution in [3.8, 4) is 0 Å². The molecule has 0 saturated heterocycles. The smallest absolute Gasteiger partial charge is 0.243 e. The van der Waals surface area contributed by atoms with Crippen LogP contribution in [0, 0.1) is 6.92 Å². The fourth-order valence-corrected chi connectivity index (χ4v) is 2.90. The topological polar surface area (TPSA) is 70.4 Å². The molecule has 0 radical (unpaired) electrons. The van der Waals surface area contributed by atoms with E-state index in [1.165, 1.54) is 5.69 Å². The summed E-state index contributed by atoms with van der Waals surface area (Å²) in [5.74, 6) is 0.902. The maximum atomic E-state index is 11.9. The van der Waals surface area contributed by atoms with Gasteiger partial charge in [0.25, 0.3) is 0 Å². The first kappa shape index (κ1) is 16.7. The molecule has 0 fully saturated rings. The number of carbonyl (C=O) groups excluding carboxylic acids is 1. The second-order valence-corrected chi connectivity index (χ2v) is 6.04. The van der Waals surface area contributed by atoms with Crippen molar-refractivity contribution in [3.63, 3.8) is 0 Å². The molecule has 2 N–H and O–H groups in total. The molecular weight excluding hydrogens is 280 g/mol. The molecule has 1 aliphatic rings. The Labute approximate surface area is 131 Å². The van der Waals surface area contributed by atoms with Gasteiger partial charge in [-0.15, -0.1) is 0 Å². The van der Waals surface area contributed by atoms with Gasteiger partial charge in [-0.2, -0.15) is 0 Å². The predicted molar refractivity (Wildman–Crippen MR) is 85.7 cm³/mol. The first-order valence-corrected chi connectivity index (χ1v) is 7.78. The van der Waals surface area contributed by atoms with E-state index in [2.05, 4.69) is 14.9 Å². The van der Waals surface area contributed by atoms with Crippen molar-refractivity contribution in [1.82, 2.24) is 19.8 Å². The van der Waals surface area contributed by atoms with E-state index in [4.69, 9.17) is 5.11 Å². The first-order valence-electron chi connectivity index (χ1n) is 7.78. The van der Waals surface area contributed by atoms with Gasteiger partial charge in [0.1, 0.15) is 5.82 Å². The predicted octanol–water partition coefficient (Wildman–Crippen LogP) is 0.275. The largest absolute Gasteiger partial charge is 0.395 e. The molecule has 1 atom stereocenters. The number of aryl methyl sites for hydroxylation is 1. The van der Waals surface area contributed by atoms with Crippen LogP contribution in [0.1, 0.15) is 23.6 Å². The molecule has 0 saturated carbocycles. The van der Waals surface area contributed by atoms with Crippen LogP contribution in [-0.4, -0.2) is 58.8 Å². The Morgan fingerprint density at radius 2 is 2.32 bits per heavy atom. The number of fused-ring (bicyclic) bond motifs is 1. The van der Waals surface area contributed by atoms with Gasteiger partial charge in [0.2, 0.25) is 5.91 Å². The number of carbonyl (C=O) groups is 1. The lowest BCUT2D eigenvalue weighted by molar-refractivity contribution is -0.117. The number of nitrogens with zero attached hydrogens (tertiary/aromatic N) is 3. The Morgan fingerprint density at radius 1 is 1.55 bits per heavy atom. The number of imidazole rings is 1. The summed E-state index contributed by atoms with van der Waals surface area (Å²) in [6.07, 6.45) is 6.04. The minimum absolute atomic E-state index is 0.0400. The van der Waals surface area contributed by atoms with Crippen LogP contribution in [0.2, 0.25) is 0 Å². The minimum Gasteiger partial charge on any atom is -0.395 e. The molecule has 0 bridgehead atoms. The van der Waals surface area contributed by atoms with Crippen LogP contribution in [0.25, 0.3) is 0 Å². The van der Waals surface area contributed by atoms with E-state index in [0.29, 0.717) is 6.54 Å². The van der Waals surface area contributed by atoms with Crippen LogP contribution in [0.15, 0.2) is 12.2 Å². The third kappa shape index (κ3) is 4.18. The number of nitrogens with one attached hydrogen (secondary N) is 1. The van der Waals surface area contributed by atoms with Crippen LogP contribution in [0.5, 0.6) is 0 Å². The van der Waals surface area contributed by atoms with Crippen LogP contribution >= 0.6 is 0 Å². The van der Waals surface area contributed by atoms with E-state index in [9.17, 15) is 4.79 Å². The van der Waals surface area contributed by atoms with Gasteiger partial charge in [-0.25, -0.2) is 4.98 Å². The summed E-state index contributed by atoms with van der Waals surface area (Å²) in [7, 11) is 3.94. The van der Waals surface area contributed by atoms with Gasteiger partial charge in [-0.05, 0) is 33.9 Å². The Kier molecular flexibility index (Phi) is 5.74. The minimum atomic E-state index is -0.0400. The molecule has 22 heavy (non-hydrogen) atoms. The summed E-state index contributed by atoms with van der Waals surface area (Å²) in [4.78, 5) is 18.5. The van der Waals surface area contributed by atoms with Gasteiger partial charge in [0.05, 0.1) is 12.3 Å². The van der Waals surface area contributed by atoms with Crippen molar-refractivity contribution in [1.29, 1.82) is 0 Å². The normalized spacial score (nSPS) is 18.0. The zero-order chi connectivity index (χ0) is 16.1. The van der Waals surface area contributed by atoms with E-state index >= 15 is 0 Å². The highest BCUT2D eigenvalue weighted by atomic mass is 16.3. The lowest BCUT2D eigenvalue weighted by Crippen LogP contribution is -2.38. The second-order valence-electron chi connectivity index (χ2n) is 6.04.